The maximum atomic E-state index is 11.9. The van der Waals surface area contributed by atoms with E-state index in [1.54, 1.807) is 12.1 Å². The van der Waals surface area contributed by atoms with Gasteiger partial charge in [-0.3, -0.25) is 4.79 Å². The van der Waals surface area contributed by atoms with Crippen LogP contribution in [0.15, 0.2) is 53.1 Å². The summed E-state index contributed by atoms with van der Waals surface area (Å²) in [5.41, 5.74) is 2.86. The van der Waals surface area contributed by atoms with Crippen molar-refractivity contribution in [3.63, 3.8) is 0 Å². The van der Waals surface area contributed by atoms with Crippen molar-refractivity contribution in [2.45, 2.75) is 25.9 Å². The highest BCUT2D eigenvalue weighted by Crippen LogP contribution is 2.24. The van der Waals surface area contributed by atoms with Crippen LogP contribution in [0.4, 0.5) is 0 Å². The van der Waals surface area contributed by atoms with E-state index in [1.807, 2.05) is 43.3 Å². The normalized spacial score (nSPS) is 16.0. The topological polar surface area (TPSA) is 86.5 Å². The van der Waals surface area contributed by atoms with Gasteiger partial charge in [0, 0.05) is 24.3 Å². The molecule has 0 saturated carbocycles. The predicted molar refractivity (Wildman–Crippen MR) is 107 cm³/mol. The van der Waals surface area contributed by atoms with E-state index in [2.05, 4.69) is 15.5 Å². The second-order valence-corrected chi connectivity index (χ2v) is 7.04. The van der Waals surface area contributed by atoms with Crippen molar-refractivity contribution in [2.24, 2.45) is 0 Å². The van der Waals surface area contributed by atoms with Gasteiger partial charge in [0.15, 0.2) is 6.61 Å². The molecular weight excluding hydrogens is 370 g/mol. The molecule has 1 aliphatic rings. The van der Waals surface area contributed by atoms with E-state index >= 15 is 0 Å². The summed E-state index contributed by atoms with van der Waals surface area (Å²) in [5.74, 6) is 1.41. The highest BCUT2D eigenvalue weighted by Gasteiger charge is 2.16. The molecule has 1 aliphatic heterocycles. The number of nitrogens with zero attached hydrogens (tertiary/aromatic N) is 2. The number of amides is 1. The zero-order chi connectivity index (χ0) is 20.1. The van der Waals surface area contributed by atoms with Gasteiger partial charge in [0.2, 0.25) is 5.82 Å². The molecule has 0 bridgehead atoms. The van der Waals surface area contributed by atoms with E-state index in [0.717, 1.165) is 30.6 Å². The first-order valence-electron chi connectivity index (χ1n) is 9.70. The SMILES string of the molecule is Cc1ccc(-c2noc(-c3ccc(OCC(=O)NC[C@@H]4CCCO4)cc3)n2)cc1. The monoisotopic (exact) mass is 393 g/mol. The average molecular weight is 393 g/mol. The number of rotatable bonds is 7. The van der Waals surface area contributed by atoms with E-state index in [-0.39, 0.29) is 18.6 Å². The second kappa shape index (κ2) is 8.87. The molecular formula is C22H23N3O4. The molecule has 0 radical (unpaired) electrons. The van der Waals surface area contributed by atoms with Crippen molar-refractivity contribution in [3.8, 4) is 28.6 Å². The van der Waals surface area contributed by atoms with Gasteiger partial charge in [-0.15, -0.1) is 0 Å². The lowest BCUT2D eigenvalue weighted by Gasteiger charge is -2.11. The standard InChI is InChI=1S/C22H23N3O4/c1-15-4-6-16(7-5-15)21-24-22(29-25-21)17-8-10-18(11-9-17)28-14-20(26)23-13-19-3-2-12-27-19/h4-11,19H,2-3,12-14H2,1H3,(H,23,26)/t19-/m0/s1. The number of ether oxygens (including phenoxy) is 2. The average Bonchev–Trinajstić information content (AvgIpc) is 3.44. The van der Waals surface area contributed by atoms with Crippen molar-refractivity contribution >= 4 is 5.91 Å². The minimum Gasteiger partial charge on any atom is -0.484 e. The number of carbonyl (C=O) groups excluding carboxylic acids is 1. The molecule has 4 rings (SSSR count). The Kier molecular flexibility index (Phi) is 5.86. The van der Waals surface area contributed by atoms with Crippen LogP contribution < -0.4 is 10.1 Å². The molecule has 2 heterocycles. The minimum absolute atomic E-state index is 0.0375. The Balaban J connectivity index is 1.31. The van der Waals surface area contributed by atoms with Gasteiger partial charge in [0.05, 0.1) is 6.10 Å². The van der Waals surface area contributed by atoms with Gasteiger partial charge in [-0.05, 0) is 44.0 Å². The van der Waals surface area contributed by atoms with Crippen LogP contribution in [0.3, 0.4) is 0 Å². The van der Waals surface area contributed by atoms with Crippen LogP contribution in [-0.2, 0) is 9.53 Å². The summed E-state index contributed by atoms with van der Waals surface area (Å²) in [7, 11) is 0. The molecule has 2 aromatic carbocycles. The molecule has 7 nitrogen and oxygen atoms in total. The number of hydrogen-bond donors (Lipinski definition) is 1. The third-order valence-corrected chi connectivity index (χ3v) is 4.76. The van der Waals surface area contributed by atoms with Crippen molar-refractivity contribution in [1.82, 2.24) is 15.5 Å². The number of benzene rings is 2. The Morgan fingerprint density at radius 3 is 2.62 bits per heavy atom. The molecule has 3 aromatic rings. The van der Waals surface area contributed by atoms with Crippen LogP contribution >= 0.6 is 0 Å². The lowest BCUT2D eigenvalue weighted by atomic mass is 10.1. The van der Waals surface area contributed by atoms with Crippen LogP contribution in [0, 0.1) is 6.92 Å². The molecule has 7 heteroatoms. The van der Waals surface area contributed by atoms with E-state index < -0.39 is 0 Å². The summed E-state index contributed by atoms with van der Waals surface area (Å²) < 4.78 is 16.4. The van der Waals surface area contributed by atoms with Crippen molar-refractivity contribution in [3.05, 3.63) is 54.1 Å². The molecule has 0 spiro atoms. The number of nitrogens with one attached hydrogen (secondary N) is 1. The minimum atomic E-state index is -0.163. The van der Waals surface area contributed by atoms with E-state index in [9.17, 15) is 4.79 Å². The van der Waals surface area contributed by atoms with E-state index in [0.29, 0.717) is 24.0 Å². The third-order valence-electron chi connectivity index (χ3n) is 4.76. The molecule has 1 aromatic heterocycles. The maximum Gasteiger partial charge on any atom is 0.258 e. The Bertz CT molecular complexity index is 945. The molecule has 0 aliphatic carbocycles. The fraction of sp³-hybridized carbons (Fsp3) is 0.318. The second-order valence-electron chi connectivity index (χ2n) is 7.04. The highest BCUT2D eigenvalue weighted by molar-refractivity contribution is 5.77. The Hall–Kier alpha value is -3.19. The number of aromatic nitrogens is 2. The molecule has 1 atom stereocenters. The fourth-order valence-electron chi connectivity index (χ4n) is 3.09. The van der Waals surface area contributed by atoms with Gasteiger partial charge in [0.1, 0.15) is 5.75 Å². The Morgan fingerprint density at radius 2 is 1.90 bits per heavy atom. The van der Waals surface area contributed by atoms with Gasteiger partial charge < -0.3 is 19.3 Å². The van der Waals surface area contributed by atoms with Crippen molar-refractivity contribution in [2.75, 3.05) is 19.8 Å². The number of carbonyl (C=O) groups is 1. The van der Waals surface area contributed by atoms with E-state index in [4.69, 9.17) is 14.0 Å². The van der Waals surface area contributed by atoms with Gasteiger partial charge in [0.25, 0.3) is 11.8 Å². The Morgan fingerprint density at radius 1 is 1.14 bits per heavy atom. The van der Waals surface area contributed by atoms with Gasteiger partial charge >= 0.3 is 0 Å². The number of hydrogen-bond acceptors (Lipinski definition) is 6. The van der Waals surface area contributed by atoms with Gasteiger partial charge in [-0.1, -0.05) is 35.0 Å². The summed E-state index contributed by atoms with van der Waals surface area (Å²) in [6, 6.07) is 15.1. The molecule has 0 unspecified atom stereocenters. The largest absolute Gasteiger partial charge is 0.484 e. The first-order chi connectivity index (χ1) is 14.2. The third kappa shape index (κ3) is 5.00. The fourth-order valence-corrected chi connectivity index (χ4v) is 3.09. The van der Waals surface area contributed by atoms with Crippen molar-refractivity contribution in [1.29, 1.82) is 0 Å². The first kappa shape index (κ1) is 19.1. The molecule has 150 valence electrons. The molecule has 1 amide bonds. The first-order valence-corrected chi connectivity index (χ1v) is 9.70. The van der Waals surface area contributed by atoms with Crippen LogP contribution in [0.5, 0.6) is 5.75 Å². The summed E-state index contributed by atoms with van der Waals surface area (Å²) in [5, 5.41) is 6.88. The van der Waals surface area contributed by atoms with Crippen LogP contribution in [0.1, 0.15) is 18.4 Å². The quantitative estimate of drug-likeness (QED) is 0.662. The summed E-state index contributed by atoms with van der Waals surface area (Å²) in [4.78, 5) is 16.3. The van der Waals surface area contributed by atoms with E-state index in [1.165, 1.54) is 5.56 Å². The number of aryl methyl sites for hydroxylation is 1. The molecule has 1 saturated heterocycles. The lowest BCUT2D eigenvalue weighted by Crippen LogP contribution is -2.35. The summed E-state index contributed by atoms with van der Waals surface area (Å²) >= 11 is 0. The maximum absolute atomic E-state index is 11.9. The van der Waals surface area contributed by atoms with Gasteiger partial charge in [-0.2, -0.15) is 4.98 Å². The van der Waals surface area contributed by atoms with Crippen LogP contribution in [-0.4, -0.2) is 41.9 Å². The zero-order valence-corrected chi connectivity index (χ0v) is 16.3. The molecule has 1 fully saturated rings. The highest BCUT2D eigenvalue weighted by atomic mass is 16.5. The van der Waals surface area contributed by atoms with Crippen LogP contribution in [0.25, 0.3) is 22.8 Å². The van der Waals surface area contributed by atoms with Crippen molar-refractivity contribution < 1.29 is 18.8 Å². The van der Waals surface area contributed by atoms with Crippen LogP contribution in [0.2, 0.25) is 0 Å². The smallest absolute Gasteiger partial charge is 0.258 e. The molecule has 29 heavy (non-hydrogen) atoms. The summed E-state index contributed by atoms with van der Waals surface area (Å²) in [6.07, 6.45) is 2.16. The van der Waals surface area contributed by atoms with Gasteiger partial charge in [-0.25, -0.2) is 0 Å². The predicted octanol–water partition coefficient (Wildman–Crippen LogP) is 3.39. The molecule has 1 N–H and O–H groups in total. The Labute approximate surface area is 169 Å². The zero-order valence-electron chi connectivity index (χ0n) is 16.3. The summed E-state index contributed by atoms with van der Waals surface area (Å²) in [6.45, 7) is 3.30. The lowest BCUT2D eigenvalue weighted by molar-refractivity contribution is -0.123.